The fourth-order valence-electron chi connectivity index (χ4n) is 17.4. The van der Waals surface area contributed by atoms with Crippen LogP contribution in [0.1, 0.15) is 80.6 Å². The minimum atomic E-state index is -0.00779. The van der Waals surface area contributed by atoms with Crippen molar-refractivity contribution in [3.05, 3.63) is 334 Å². The Balaban J connectivity index is 0.000000108. The van der Waals surface area contributed by atoms with Crippen molar-refractivity contribution < 1.29 is 18.3 Å². The van der Waals surface area contributed by atoms with E-state index in [1.165, 1.54) is 200 Å². The van der Waals surface area contributed by atoms with Crippen molar-refractivity contribution in [2.24, 2.45) is 28.2 Å². The molecule has 0 saturated carbocycles. The first kappa shape index (κ1) is 67.5. The van der Waals surface area contributed by atoms with E-state index in [1.807, 2.05) is 0 Å². The van der Waals surface area contributed by atoms with E-state index in [0.717, 1.165) is 0 Å². The van der Waals surface area contributed by atoms with Gasteiger partial charge in [0.05, 0.1) is 58.5 Å². The zero-order chi connectivity index (χ0) is 73.0. The van der Waals surface area contributed by atoms with Crippen LogP contribution in [0.4, 0.5) is 0 Å². The molecule has 19 rings (SSSR count). The highest BCUT2D eigenvalue weighted by Gasteiger charge is 2.41. The third-order valence-corrected chi connectivity index (χ3v) is 22.5. The Morgan fingerprint density at radius 3 is 1.14 bits per heavy atom. The molecule has 8 aromatic heterocycles. The average molecular weight is 1370 g/mol. The van der Waals surface area contributed by atoms with Crippen molar-refractivity contribution in [2.75, 3.05) is 0 Å². The Bertz CT molecular complexity index is 6520. The maximum Gasteiger partial charge on any atom is 0.290 e. The molecular formula is C97H92N8+4. The van der Waals surface area contributed by atoms with E-state index in [2.05, 4.69) is 415 Å². The van der Waals surface area contributed by atoms with Crippen LogP contribution in [0.25, 0.3) is 133 Å². The second kappa shape index (κ2) is 26.4. The number of pyridine rings is 4. The summed E-state index contributed by atoms with van der Waals surface area (Å²) in [4.78, 5) is 0. The van der Waals surface area contributed by atoms with Crippen molar-refractivity contribution in [3.63, 3.8) is 0 Å². The number of hydrogen-bond acceptors (Lipinski definition) is 0. The molecule has 105 heavy (non-hydrogen) atoms. The minimum absolute atomic E-state index is 0.00779. The van der Waals surface area contributed by atoms with Gasteiger partial charge in [-0.1, -0.05) is 147 Å². The van der Waals surface area contributed by atoms with Gasteiger partial charge in [0.15, 0.2) is 0 Å². The van der Waals surface area contributed by atoms with Crippen LogP contribution in [0.3, 0.4) is 0 Å². The van der Waals surface area contributed by atoms with Gasteiger partial charge in [0.1, 0.15) is 44.1 Å². The molecule has 0 amide bonds. The molecule has 1 aliphatic rings. The van der Waals surface area contributed by atoms with Crippen LogP contribution in [-0.4, -0.2) is 18.3 Å². The van der Waals surface area contributed by atoms with Crippen molar-refractivity contribution in [1.29, 1.82) is 0 Å². The topological polar surface area (TPSA) is 35.2 Å². The molecule has 1 aliphatic heterocycles. The van der Waals surface area contributed by atoms with Gasteiger partial charge >= 0.3 is 0 Å². The highest BCUT2D eigenvalue weighted by Crippen LogP contribution is 2.47. The molecule has 0 bridgehead atoms. The van der Waals surface area contributed by atoms with Crippen LogP contribution >= 0.6 is 0 Å². The van der Waals surface area contributed by atoms with Gasteiger partial charge in [-0.15, -0.1) is 0 Å². The van der Waals surface area contributed by atoms with Crippen LogP contribution in [-0.2, 0) is 33.6 Å². The van der Waals surface area contributed by atoms with E-state index in [9.17, 15) is 0 Å². The molecule has 0 radical (unpaired) electrons. The van der Waals surface area contributed by atoms with Crippen LogP contribution in [0.5, 0.6) is 0 Å². The smallest absolute Gasteiger partial charge is 0.237 e. The number of nitrogens with zero attached hydrogens (tertiary/aromatic N) is 8. The molecule has 8 heteroatoms. The number of hydrogen-bond donors (Lipinski definition) is 0. The van der Waals surface area contributed by atoms with Crippen LogP contribution in [0.15, 0.2) is 267 Å². The molecule has 9 heterocycles. The second-order valence-corrected chi connectivity index (χ2v) is 29.9. The highest BCUT2D eigenvalue weighted by molar-refractivity contribution is 6.14. The number of para-hydroxylation sites is 8. The summed E-state index contributed by atoms with van der Waals surface area (Å²) in [6, 6.07) is 87.9. The highest BCUT2D eigenvalue weighted by atomic mass is 15.2. The molecule has 0 unspecified atom stereocenters. The third kappa shape index (κ3) is 11.1. The number of benzene rings is 10. The fourth-order valence-corrected chi connectivity index (χ4v) is 17.4. The van der Waals surface area contributed by atoms with Crippen LogP contribution in [0.2, 0.25) is 0 Å². The molecule has 18 aromatic rings. The normalized spacial score (nSPS) is 12.3. The lowest BCUT2D eigenvalue weighted by Crippen LogP contribution is -2.40. The predicted octanol–water partition coefficient (Wildman–Crippen LogP) is 21.5. The van der Waals surface area contributed by atoms with Gasteiger partial charge < -0.3 is 0 Å². The zero-order valence-corrected chi connectivity index (χ0v) is 63.5. The van der Waals surface area contributed by atoms with Gasteiger partial charge in [-0.3, -0.25) is 0 Å². The van der Waals surface area contributed by atoms with Crippen molar-refractivity contribution in [3.8, 4) is 45.5 Å². The number of fused-ring (bicyclic) bond motifs is 14. The van der Waals surface area contributed by atoms with Crippen LogP contribution in [0, 0.1) is 69.2 Å². The molecule has 0 fully saturated rings. The van der Waals surface area contributed by atoms with Crippen molar-refractivity contribution >= 4 is 87.2 Å². The lowest BCUT2D eigenvalue weighted by atomic mass is 9.75. The zero-order valence-electron chi connectivity index (χ0n) is 63.5. The molecule has 10 aromatic carbocycles. The monoisotopic (exact) mass is 1370 g/mol. The third-order valence-electron chi connectivity index (χ3n) is 22.5. The number of aromatic nitrogens is 8. The van der Waals surface area contributed by atoms with E-state index < -0.39 is 0 Å². The average Bonchev–Trinajstić information content (AvgIpc) is 1.55. The second-order valence-electron chi connectivity index (χ2n) is 29.9. The van der Waals surface area contributed by atoms with E-state index >= 15 is 0 Å². The van der Waals surface area contributed by atoms with E-state index in [-0.39, 0.29) is 5.41 Å². The summed E-state index contributed by atoms with van der Waals surface area (Å²) < 4.78 is 18.6. The van der Waals surface area contributed by atoms with Crippen molar-refractivity contribution in [2.45, 2.75) is 88.5 Å². The summed E-state index contributed by atoms with van der Waals surface area (Å²) >= 11 is 0. The molecular weight excluding hydrogens is 1280 g/mol. The maximum atomic E-state index is 2.48. The molecule has 516 valence electrons. The summed E-state index contributed by atoms with van der Waals surface area (Å²) in [5, 5.41) is 10.5. The summed E-state index contributed by atoms with van der Waals surface area (Å²) in [5.41, 5.74) is 31.3. The summed E-state index contributed by atoms with van der Waals surface area (Å²) in [6.45, 7) is 26.6. The molecule has 0 atom stereocenters. The largest absolute Gasteiger partial charge is 0.290 e. The molecule has 0 saturated heterocycles. The van der Waals surface area contributed by atoms with Gasteiger partial charge in [0.25, 0.3) is 23.3 Å². The SMILES string of the molecule is Cc1cc(-n2c3ccccc3c3cccc(C)c32)[n+](C)cc1-c1c(C)cccc1C.Cc1cc[n+](C)c(-n2c3ccccc3c3cccc(C)c32)c1.Cc1cccc(C)c1-c1ccc(-n2c3ccccc3c3cccc(C)c32)[n+](C)c1.Cc1cccc2c3cccc4c3n(c12)-c1c(ccc[n+]1C)C4(C)C. The summed E-state index contributed by atoms with van der Waals surface area (Å²) in [6.07, 6.45) is 8.82. The standard InChI is InChI=1S/C28H27N2.C27H25N2.C22H21N2.C20H19N2/c1-18-10-8-11-19(2)27(18)24-17-29(5)26(16-21(24)4)30-25-15-7-6-13-22(25)23-14-9-12-20(3)28(23)30;1-18-9-7-10-19(2)26(18)21-15-16-25(28(4)17-21)29-24-14-6-5-12-22(24)23-13-8-11-20(3)27(23)29;1-14-8-5-9-15-16-10-6-11-17-20(16)24(19(14)15)21-18(22(17,2)3)12-7-13-23(21)4;1-14-11-12-21(3)19(13-14)22-18-10-5-4-8-16(18)17-9-6-7-15(2)20(17)22/h6-17H,1-5H3;5-17H,1-4H3;5-13H,1-4H3;4-13H,1-3H3/q4*+1. The minimum Gasteiger partial charge on any atom is -0.237 e. The Hall–Kier alpha value is -12.0. The fraction of sp³-hybridized carbons (Fsp3) is 0.175. The molecule has 0 aliphatic carbocycles. The summed E-state index contributed by atoms with van der Waals surface area (Å²) in [7, 11) is 8.56. The first-order chi connectivity index (χ1) is 50.7. The van der Waals surface area contributed by atoms with E-state index in [1.54, 1.807) is 0 Å². The Morgan fingerprint density at radius 1 is 0.267 bits per heavy atom. The number of aryl methyl sites for hydroxylation is 14. The first-order valence-corrected chi connectivity index (χ1v) is 36.8. The van der Waals surface area contributed by atoms with Gasteiger partial charge in [-0.05, 0) is 227 Å². The van der Waals surface area contributed by atoms with Crippen molar-refractivity contribution in [1.82, 2.24) is 18.3 Å². The Morgan fingerprint density at radius 2 is 0.648 bits per heavy atom. The van der Waals surface area contributed by atoms with Gasteiger partial charge in [0, 0.05) is 83.4 Å². The maximum absolute atomic E-state index is 2.48. The van der Waals surface area contributed by atoms with E-state index in [0.29, 0.717) is 0 Å². The Labute approximate surface area is 616 Å². The Kier molecular flexibility index (Phi) is 16.9. The molecule has 0 N–H and O–H groups in total. The lowest BCUT2D eigenvalue weighted by Gasteiger charge is -2.30. The predicted molar refractivity (Wildman–Crippen MR) is 438 cm³/mol. The van der Waals surface area contributed by atoms with E-state index in [4.69, 9.17) is 0 Å². The quantitative estimate of drug-likeness (QED) is 0.154. The molecule has 0 spiro atoms. The number of rotatable bonds is 5. The van der Waals surface area contributed by atoms with Gasteiger partial charge in [-0.2, -0.15) is 18.3 Å². The lowest BCUT2D eigenvalue weighted by molar-refractivity contribution is -0.666. The van der Waals surface area contributed by atoms with Crippen LogP contribution < -0.4 is 18.3 Å². The molecule has 8 nitrogen and oxygen atoms in total. The first-order valence-electron chi connectivity index (χ1n) is 36.8. The van der Waals surface area contributed by atoms with Gasteiger partial charge in [-0.25, -0.2) is 18.3 Å². The summed E-state index contributed by atoms with van der Waals surface area (Å²) in [5.74, 6) is 4.83. The van der Waals surface area contributed by atoms with Gasteiger partial charge in [0.2, 0.25) is 0 Å².